The Morgan fingerprint density at radius 2 is 1.02 bits per heavy atom. The lowest BCUT2D eigenvalue weighted by Crippen LogP contribution is -2.44. The molecule has 0 radical (unpaired) electrons. The van der Waals surface area contributed by atoms with Gasteiger partial charge in [0, 0.05) is 21.7 Å². The van der Waals surface area contributed by atoms with E-state index in [2.05, 4.69) is 151 Å². The number of ether oxygens (including phenoxy) is 6. The van der Waals surface area contributed by atoms with E-state index in [4.69, 9.17) is 28.4 Å². The van der Waals surface area contributed by atoms with Crippen LogP contribution in [0.5, 0.6) is 17.2 Å². The van der Waals surface area contributed by atoms with Gasteiger partial charge in [-0.3, -0.25) is 0 Å². The van der Waals surface area contributed by atoms with Crippen molar-refractivity contribution in [2.45, 2.75) is 40.0 Å². The predicted molar refractivity (Wildman–Crippen MR) is 201 cm³/mol. The molecule has 3 fully saturated rings. The molecule has 0 aromatic heterocycles. The summed E-state index contributed by atoms with van der Waals surface area (Å²) in [5.41, 5.74) is 4.52. The van der Waals surface area contributed by atoms with Crippen molar-refractivity contribution in [2.24, 2.45) is 16.2 Å². The minimum absolute atomic E-state index is 0.0767. The zero-order valence-electron chi connectivity index (χ0n) is 26.6. The molecule has 0 N–H and O–H groups in total. The van der Waals surface area contributed by atoms with E-state index in [9.17, 15) is 0 Å². The molecule has 9 heteroatoms. The van der Waals surface area contributed by atoms with Crippen LogP contribution >= 0.6 is 67.8 Å². The van der Waals surface area contributed by atoms with Crippen molar-refractivity contribution in [2.75, 3.05) is 59.5 Å². The van der Waals surface area contributed by atoms with Gasteiger partial charge in [0.1, 0.15) is 17.2 Å². The Hall–Kier alpha value is -0.870. The zero-order valence-corrected chi connectivity index (χ0v) is 33.0. The second-order valence-corrected chi connectivity index (χ2v) is 17.8. The van der Waals surface area contributed by atoms with Crippen molar-refractivity contribution >= 4 is 67.8 Å². The van der Waals surface area contributed by atoms with Crippen LogP contribution in [0.3, 0.4) is 0 Å². The normalized spacial score (nSPS) is 20.6. The summed E-state index contributed by atoms with van der Waals surface area (Å²) in [5, 5.41) is 0. The molecule has 3 heterocycles. The summed E-state index contributed by atoms with van der Waals surface area (Å²) in [6, 6.07) is 17.8. The van der Waals surface area contributed by atoms with Gasteiger partial charge in [-0.1, -0.05) is 39.0 Å². The van der Waals surface area contributed by atoms with Crippen molar-refractivity contribution in [3.8, 4) is 17.2 Å². The van der Waals surface area contributed by atoms with Gasteiger partial charge in [-0.15, -0.1) is 0 Å². The van der Waals surface area contributed by atoms with Crippen molar-refractivity contribution in [1.29, 1.82) is 0 Å². The fraction of sp³-hybridized carbons (Fsp3) is 0.500. The maximum Gasteiger partial charge on any atom is 0.145 e. The quantitative estimate of drug-likeness (QED) is 0.134. The third-order valence-corrected chi connectivity index (χ3v) is 11.7. The monoisotopic (exact) mass is 950 g/mol. The molecule has 3 aromatic carbocycles. The lowest BCUT2D eigenvalue weighted by atomic mass is 9.70. The Balaban J connectivity index is 1.35. The summed E-state index contributed by atoms with van der Waals surface area (Å²) in [6.07, 6.45) is 0. The molecule has 45 heavy (non-hydrogen) atoms. The third-order valence-electron chi connectivity index (χ3n) is 9.26. The van der Waals surface area contributed by atoms with Crippen molar-refractivity contribution in [3.63, 3.8) is 0 Å². The van der Waals surface area contributed by atoms with E-state index in [1.54, 1.807) is 0 Å². The van der Waals surface area contributed by atoms with Crippen LogP contribution in [0.15, 0.2) is 48.5 Å². The average molecular weight is 950 g/mol. The molecule has 3 aromatic rings. The highest BCUT2D eigenvalue weighted by Gasteiger charge is 2.38. The van der Waals surface area contributed by atoms with Gasteiger partial charge in [-0.2, -0.15) is 0 Å². The van der Waals surface area contributed by atoms with E-state index in [0.717, 1.165) is 73.2 Å². The second-order valence-electron chi connectivity index (χ2n) is 14.3. The lowest BCUT2D eigenvalue weighted by molar-refractivity contribution is -0.120. The molecule has 0 saturated carbocycles. The van der Waals surface area contributed by atoms with Crippen LogP contribution in [0.1, 0.15) is 49.9 Å². The molecular weight excluding hydrogens is 909 g/mol. The first-order chi connectivity index (χ1) is 21.3. The SMILES string of the molecule is Cc1cc(C(C)(c2ccc(OCC3(C)COC3)c(I)c2)c2cc(I)c(OCC3(C)COC3)c(I)c2)ccc1OCC1(C)COC1. The van der Waals surface area contributed by atoms with Gasteiger partial charge < -0.3 is 28.4 Å². The van der Waals surface area contributed by atoms with Crippen LogP contribution in [0.25, 0.3) is 0 Å². The van der Waals surface area contributed by atoms with E-state index in [1.165, 1.54) is 16.7 Å². The molecule has 1 unspecified atom stereocenters. The minimum atomic E-state index is -0.449. The molecule has 1 atom stereocenters. The maximum atomic E-state index is 6.41. The minimum Gasteiger partial charge on any atom is -0.493 e. The van der Waals surface area contributed by atoms with E-state index in [1.807, 2.05) is 0 Å². The molecule has 0 aliphatic carbocycles. The number of hydrogen-bond donors (Lipinski definition) is 0. The van der Waals surface area contributed by atoms with Gasteiger partial charge in [-0.05, 0) is 134 Å². The third kappa shape index (κ3) is 7.13. The van der Waals surface area contributed by atoms with Crippen LogP contribution in [-0.2, 0) is 19.6 Å². The van der Waals surface area contributed by atoms with E-state index in [-0.39, 0.29) is 16.2 Å². The fourth-order valence-electron chi connectivity index (χ4n) is 5.89. The number of rotatable bonds is 12. The first-order valence-electron chi connectivity index (χ1n) is 15.3. The van der Waals surface area contributed by atoms with Gasteiger partial charge in [0.25, 0.3) is 0 Å². The molecule has 3 saturated heterocycles. The first-order valence-corrected chi connectivity index (χ1v) is 18.6. The van der Waals surface area contributed by atoms with E-state index in [0.29, 0.717) is 19.8 Å². The molecule has 6 nitrogen and oxygen atoms in total. The molecule has 0 amide bonds. The summed E-state index contributed by atoms with van der Waals surface area (Å²) < 4.78 is 38.6. The van der Waals surface area contributed by atoms with Gasteiger partial charge >= 0.3 is 0 Å². The summed E-state index contributed by atoms with van der Waals surface area (Å²) in [6.45, 7) is 17.5. The predicted octanol–water partition coefficient (Wildman–Crippen LogP) is 8.41. The van der Waals surface area contributed by atoms with Crippen molar-refractivity contribution < 1.29 is 28.4 Å². The van der Waals surface area contributed by atoms with Gasteiger partial charge in [0.05, 0.1) is 70.2 Å². The van der Waals surface area contributed by atoms with Gasteiger partial charge in [0.15, 0.2) is 0 Å². The lowest BCUT2D eigenvalue weighted by Gasteiger charge is -2.38. The standard InChI is InChI=1S/C36H41I3O6/c1-23-10-24(6-8-30(23)43-20-33(2)14-40-15-33)36(5,25-7-9-31(27(37)11-25)44-21-34(3)16-41-17-34)26-12-28(38)32(29(39)13-26)45-22-35(4)18-42-19-35/h6-13H,14-22H2,1-5H3. The summed E-state index contributed by atoms with van der Waals surface area (Å²) in [7, 11) is 0. The molecule has 3 aliphatic rings. The molecule has 3 aliphatic heterocycles. The summed E-state index contributed by atoms with van der Waals surface area (Å²) >= 11 is 7.27. The molecule has 0 spiro atoms. The van der Waals surface area contributed by atoms with E-state index >= 15 is 0 Å². The van der Waals surface area contributed by atoms with E-state index < -0.39 is 5.41 Å². The van der Waals surface area contributed by atoms with Crippen LogP contribution in [0.2, 0.25) is 0 Å². The number of benzene rings is 3. The largest absolute Gasteiger partial charge is 0.493 e. The number of halogens is 3. The Morgan fingerprint density at radius 3 is 1.47 bits per heavy atom. The van der Waals surface area contributed by atoms with Gasteiger partial charge in [-0.25, -0.2) is 0 Å². The first kappa shape index (κ1) is 34.0. The Kier molecular flexibility index (Phi) is 9.98. The molecule has 0 bridgehead atoms. The van der Waals surface area contributed by atoms with Crippen molar-refractivity contribution in [3.05, 3.63) is 81.5 Å². The number of aryl methyl sites for hydroxylation is 1. The average Bonchev–Trinajstić information content (AvgIpc) is 2.96. The van der Waals surface area contributed by atoms with Crippen LogP contribution in [0.4, 0.5) is 0 Å². The highest BCUT2D eigenvalue weighted by molar-refractivity contribution is 14.1. The summed E-state index contributed by atoms with van der Waals surface area (Å²) in [5.74, 6) is 2.77. The Bertz CT molecular complexity index is 1460. The topological polar surface area (TPSA) is 55.4 Å². The smallest absolute Gasteiger partial charge is 0.145 e. The van der Waals surface area contributed by atoms with Crippen molar-refractivity contribution in [1.82, 2.24) is 0 Å². The molecular formula is C36H41I3O6. The van der Waals surface area contributed by atoms with Crippen LogP contribution in [-0.4, -0.2) is 59.5 Å². The Labute approximate surface area is 308 Å². The zero-order chi connectivity index (χ0) is 32.0. The second kappa shape index (κ2) is 13.2. The summed E-state index contributed by atoms with van der Waals surface area (Å²) in [4.78, 5) is 0. The fourth-order valence-corrected chi connectivity index (χ4v) is 8.64. The van der Waals surface area contributed by atoms with Crippen LogP contribution in [0, 0.1) is 33.9 Å². The van der Waals surface area contributed by atoms with Crippen LogP contribution < -0.4 is 14.2 Å². The highest BCUT2D eigenvalue weighted by atomic mass is 127. The highest BCUT2D eigenvalue weighted by Crippen LogP contribution is 2.45. The van der Waals surface area contributed by atoms with Gasteiger partial charge in [0.2, 0.25) is 0 Å². The molecule has 242 valence electrons. The maximum absolute atomic E-state index is 6.41. The molecule has 6 rings (SSSR count). The Morgan fingerprint density at radius 1 is 0.600 bits per heavy atom. The number of hydrogen-bond acceptors (Lipinski definition) is 6.